The molecule has 0 radical (unpaired) electrons. The third-order valence-corrected chi connectivity index (χ3v) is 5.30. The van der Waals surface area contributed by atoms with Gasteiger partial charge in [-0.25, -0.2) is 4.39 Å². The lowest BCUT2D eigenvalue weighted by molar-refractivity contribution is -0.113. The molecule has 2 aromatic rings. The zero-order valence-electron chi connectivity index (χ0n) is 14.5. The molecule has 1 saturated heterocycles. The summed E-state index contributed by atoms with van der Waals surface area (Å²) in [5, 5.41) is 0.378. The van der Waals surface area contributed by atoms with E-state index in [1.54, 1.807) is 18.2 Å². The fraction of sp³-hybridized carbons (Fsp3) is 0.158. The number of rotatable bonds is 5. The number of thiocarbonyl (C=S) groups is 1. The number of hydrogen-bond donors (Lipinski definition) is 0. The molecule has 0 saturated carbocycles. The van der Waals surface area contributed by atoms with Crippen LogP contribution < -0.4 is 14.4 Å². The second kappa shape index (κ2) is 8.29. The molecule has 8 heteroatoms. The first-order valence-electron chi connectivity index (χ1n) is 7.98. The second-order valence-corrected chi connectivity index (χ2v) is 7.54. The first kappa shape index (κ1) is 19.7. The van der Waals surface area contributed by atoms with Crippen LogP contribution in [-0.4, -0.2) is 23.9 Å². The highest BCUT2D eigenvalue weighted by molar-refractivity contribution is 8.27. The molecule has 1 aliphatic rings. The number of nitrogens with zero attached hydrogens (tertiary/aromatic N) is 1. The van der Waals surface area contributed by atoms with Gasteiger partial charge in [0.1, 0.15) is 5.82 Å². The van der Waals surface area contributed by atoms with Crippen LogP contribution in [0.15, 0.2) is 41.3 Å². The lowest BCUT2D eigenvalue weighted by Gasteiger charge is -2.14. The maximum absolute atomic E-state index is 13.1. The van der Waals surface area contributed by atoms with Crippen molar-refractivity contribution < 1.29 is 18.7 Å². The Morgan fingerprint density at radius 3 is 2.63 bits per heavy atom. The maximum atomic E-state index is 13.1. The van der Waals surface area contributed by atoms with Crippen molar-refractivity contribution in [3.05, 3.63) is 57.7 Å². The van der Waals surface area contributed by atoms with E-state index in [0.717, 1.165) is 0 Å². The van der Waals surface area contributed by atoms with Crippen LogP contribution in [0.3, 0.4) is 0 Å². The third kappa shape index (κ3) is 4.10. The van der Waals surface area contributed by atoms with Gasteiger partial charge in [0.2, 0.25) is 0 Å². The minimum atomic E-state index is -0.379. The van der Waals surface area contributed by atoms with Gasteiger partial charge in [0.15, 0.2) is 15.8 Å². The first-order valence-corrected chi connectivity index (χ1v) is 9.58. The summed E-state index contributed by atoms with van der Waals surface area (Å²) in [6.45, 7) is 2.30. The summed E-state index contributed by atoms with van der Waals surface area (Å²) in [4.78, 5) is 14.6. The summed E-state index contributed by atoms with van der Waals surface area (Å²) >= 11 is 12.8. The van der Waals surface area contributed by atoms with Crippen molar-refractivity contribution in [1.82, 2.24) is 0 Å². The molecule has 2 aromatic carbocycles. The van der Waals surface area contributed by atoms with Gasteiger partial charge in [-0.3, -0.25) is 9.69 Å². The van der Waals surface area contributed by atoms with Crippen molar-refractivity contribution >= 4 is 57.6 Å². The molecular formula is C19H15ClFNO3S2. The molecule has 0 aliphatic carbocycles. The number of carbonyl (C=O) groups is 1. The highest BCUT2D eigenvalue weighted by atomic mass is 35.5. The summed E-state index contributed by atoms with van der Waals surface area (Å²) in [6, 6.07) is 9.04. The summed E-state index contributed by atoms with van der Waals surface area (Å²) in [7, 11) is 1.51. The van der Waals surface area contributed by atoms with E-state index in [0.29, 0.717) is 43.6 Å². The monoisotopic (exact) mass is 423 g/mol. The molecule has 0 unspecified atom stereocenters. The molecule has 0 N–H and O–H groups in total. The summed E-state index contributed by atoms with van der Waals surface area (Å²) < 4.78 is 24.4. The quantitative estimate of drug-likeness (QED) is 0.482. The average Bonchev–Trinajstić information content (AvgIpc) is 2.90. The average molecular weight is 424 g/mol. The van der Waals surface area contributed by atoms with Crippen molar-refractivity contribution in [2.24, 2.45) is 0 Å². The predicted molar refractivity (Wildman–Crippen MR) is 111 cm³/mol. The largest absolute Gasteiger partial charge is 0.491 e. The second-order valence-electron chi connectivity index (χ2n) is 5.46. The van der Waals surface area contributed by atoms with Gasteiger partial charge in [-0.15, -0.1) is 0 Å². The summed E-state index contributed by atoms with van der Waals surface area (Å²) in [5.74, 6) is 0.278. The van der Waals surface area contributed by atoms with Crippen LogP contribution >= 0.6 is 35.6 Å². The molecule has 1 aliphatic heterocycles. The smallest absolute Gasteiger partial charge is 0.270 e. The van der Waals surface area contributed by atoms with Crippen LogP contribution in [0.5, 0.6) is 11.5 Å². The Bertz CT molecular complexity index is 931. The number of benzene rings is 2. The topological polar surface area (TPSA) is 38.8 Å². The highest BCUT2D eigenvalue weighted by Gasteiger charge is 2.33. The first-order chi connectivity index (χ1) is 12.9. The van der Waals surface area contributed by atoms with Crippen LogP contribution in [0.25, 0.3) is 6.08 Å². The Labute approximate surface area is 170 Å². The standard InChI is InChI=1S/C19H15ClFNO3S2/c1-3-25-15-9-11(8-14(20)17(15)24-2)10-16-18(23)22(19(26)27-16)13-6-4-12(21)5-7-13/h4-10H,3H2,1-2H3/b16-10-. The molecule has 4 nitrogen and oxygen atoms in total. The van der Waals surface area contributed by atoms with Gasteiger partial charge in [0.25, 0.3) is 5.91 Å². The Kier molecular flexibility index (Phi) is 6.04. The van der Waals surface area contributed by atoms with Gasteiger partial charge in [0.05, 0.1) is 29.3 Å². The Balaban J connectivity index is 1.95. The van der Waals surface area contributed by atoms with Crippen molar-refractivity contribution in [1.29, 1.82) is 0 Å². The molecular weight excluding hydrogens is 409 g/mol. The fourth-order valence-corrected chi connectivity index (χ4v) is 4.16. The van der Waals surface area contributed by atoms with Crippen molar-refractivity contribution in [3.63, 3.8) is 0 Å². The molecule has 140 valence electrons. The number of thioether (sulfide) groups is 1. The number of anilines is 1. The van der Waals surface area contributed by atoms with Gasteiger partial charge >= 0.3 is 0 Å². The SMILES string of the molecule is CCOc1cc(/C=C2\SC(=S)N(c3ccc(F)cc3)C2=O)cc(Cl)c1OC. The van der Waals surface area contributed by atoms with E-state index in [1.165, 1.54) is 48.0 Å². The number of methoxy groups -OCH3 is 1. The number of hydrogen-bond acceptors (Lipinski definition) is 5. The molecule has 27 heavy (non-hydrogen) atoms. The zero-order valence-corrected chi connectivity index (χ0v) is 16.9. The highest BCUT2D eigenvalue weighted by Crippen LogP contribution is 2.40. The number of halogens is 2. The van der Waals surface area contributed by atoms with Crippen LogP contribution in [-0.2, 0) is 4.79 Å². The van der Waals surface area contributed by atoms with Crippen LogP contribution in [0, 0.1) is 5.82 Å². The van der Waals surface area contributed by atoms with Gasteiger partial charge in [-0.2, -0.15) is 0 Å². The van der Waals surface area contributed by atoms with E-state index < -0.39 is 0 Å². The van der Waals surface area contributed by atoms with Crippen molar-refractivity contribution in [3.8, 4) is 11.5 Å². The Hall–Kier alpha value is -2.09. The maximum Gasteiger partial charge on any atom is 0.270 e. The molecule has 1 fully saturated rings. The molecule has 1 heterocycles. The normalized spacial score (nSPS) is 15.6. The van der Waals surface area contributed by atoms with Gasteiger partial charge < -0.3 is 9.47 Å². The van der Waals surface area contributed by atoms with E-state index in [-0.39, 0.29) is 11.7 Å². The Morgan fingerprint density at radius 2 is 2.00 bits per heavy atom. The van der Waals surface area contributed by atoms with Gasteiger partial charge in [-0.1, -0.05) is 35.6 Å². The van der Waals surface area contributed by atoms with Crippen LogP contribution in [0.4, 0.5) is 10.1 Å². The Morgan fingerprint density at radius 1 is 1.30 bits per heavy atom. The van der Waals surface area contributed by atoms with E-state index in [9.17, 15) is 9.18 Å². The third-order valence-electron chi connectivity index (χ3n) is 3.71. The minimum absolute atomic E-state index is 0.276. The molecule has 1 amide bonds. The van der Waals surface area contributed by atoms with E-state index in [2.05, 4.69) is 0 Å². The summed E-state index contributed by atoms with van der Waals surface area (Å²) in [6.07, 6.45) is 1.69. The number of ether oxygens (including phenoxy) is 2. The number of carbonyl (C=O) groups excluding carboxylic acids is 1. The van der Waals surface area contributed by atoms with E-state index in [1.807, 2.05) is 6.92 Å². The molecule has 3 rings (SSSR count). The van der Waals surface area contributed by atoms with Crippen LogP contribution in [0.1, 0.15) is 12.5 Å². The lowest BCUT2D eigenvalue weighted by Crippen LogP contribution is -2.27. The molecule has 0 spiro atoms. The molecule has 0 bridgehead atoms. The van der Waals surface area contributed by atoms with Crippen molar-refractivity contribution in [2.75, 3.05) is 18.6 Å². The van der Waals surface area contributed by atoms with Crippen molar-refractivity contribution in [2.45, 2.75) is 6.92 Å². The minimum Gasteiger partial charge on any atom is -0.491 e. The van der Waals surface area contributed by atoms with Crippen LogP contribution in [0.2, 0.25) is 5.02 Å². The molecule has 0 aromatic heterocycles. The van der Waals surface area contributed by atoms with Gasteiger partial charge in [0, 0.05) is 0 Å². The summed E-state index contributed by atoms with van der Waals surface area (Å²) in [5.41, 5.74) is 1.20. The lowest BCUT2D eigenvalue weighted by atomic mass is 10.1. The zero-order chi connectivity index (χ0) is 19.6. The molecule has 0 atom stereocenters. The number of amides is 1. The predicted octanol–water partition coefficient (Wildman–Crippen LogP) is 5.29. The fourth-order valence-electron chi connectivity index (χ4n) is 2.56. The van der Waals surface area contributed by atoms with E-state index >= 15 is 0 Å². The van der Waals surface area contributed by atoms with E-state index in [4.69, 9.17) is 33.3 Å². The van der Waals surface area contributed by atoms with Gasteiger partial charge in [-0.05, 0) is 55.0 Å².